The molecule has 0 radical (unpaired) electrons. The first kappa shape index (κ1) is 14.8. The van der Waals surface area contributed by atoms with Crippen LogP contribution < -0.4 is 11.5 Å². The molecular weight excluding hydrogens is 252 g/mol. The predicted molar refractivity (Wildman–Crippen MR) is 81.4 cm³/mol. The van der Waals surface area contributed by atoms with Crippen LogP contribution in [-0.2, 0) is 6.54 Å². The normalized spacial score (nSPS) is 21.0. The molecule has 1 unspecified atom stereocenters. The van der Waals surface area contributed by atoms with Crippen molar-refractivity contribution >= 4 is 11.6 Å². The number of benzene rings is 1. The fraction of sp³-hybridized carbons (Fsp3) is 0.533. The summed E-state index contributed by atoms with van der Waals surface area (Å²) in [5.74, 6) is -0.437. The summed E-state index contributed by atoms with van der Waals surface area (Å²) in [7, 11) is 0. The van der Waals surface area contributed by atoms with Gasteiger partial charge in [0.05, 0.1) is 0 Å². The van der Waals surface area contributed by atoms with E-state index in [1.807, 2.05) is 6.07 Å². The minimum atomic E-state index is -0.437. The van der Waals surface area contributed by atoms with Crippen LogP contribution >= 0.6 is 0 Å². The van der Waals surface area contributed by atoms with E-state index in [1.165, 1.54) is 0 Å². The van der Waals surface area contributed by atoms with E-state index in [9.17, 15) is 4.79 Å². The number of amides is 1. The van der Waals surface area contributed by atoms with E-state index in [4.69, 9.17) is 11.5 Å². The lowest BCUT2D eigenvalue weighted by molar-refractivity contribution is 0.0836. The Morgan fingerprint density at radius 1 is 1.40 bits per heavy atom. The van der Waals surface area contributed by atoms with E-state index in [0.717, 1.165) is 38.3 Å². The zero-order valence-electron chi connectivity index (χ0n) is 12.3. The Morgan fingerprint density at radius 2 is 2.15 bits per heavy atom. The Hall–Kier alpha value is -1.59. The molecule has 5 heteroatoms. The molecule has 1 saturated heterocycles. The van der Waals surface area contributed by atoms with Crippen LogP contribution in [0.25, 0.3) is 0 Å². The van der Waals surface area contributed by atoms with Crippen molar-refractivity contribution in [2.45, 2.75) is 26.4 Å². The maximum Gasteiger partial charge on any atom is 0.248 e. The third-order valence-electron chi connectivity index (χ3n) is 4.08. The fourth-order valence-electron chi connectivity index (χ4n) is 2.82. The van der Waals surface area contributed by atoms with Crippen LogP contribution in [0.3, 0.4) is 0 Å². The number of nitrogen functional groups attached to an aromatic ring is 1. The van der Waals surface area contributed by atoms with Crippen LogP contribution in [0.1, 0.15) is 29.8 Å². The Kier molecular flexibility index (Phi) is 4.62. The van der Waals surface area contributed by atoms with Crippen molar-refractivity contribution in [3.8, 4) is 0 Å². The highest BCUT2D eigenvalue weighted by molar-refractivity contribution is 5.93. The lowest BCUT2D eigenvalue weighted by Crippen LogP contribution is -2.51. The van der Waals surface area contributed by atoms with E-state index < -0.39 is 5.91 Å². The summed E-state index contributed by atoms with van der Waals surface area (Å²) in [6.07, 6.45) is 0. The molecule has 20 heavy (non-hydrogen) atoms. The molecule has 0 saturated carbocycles. The molecule has 2 rings (SSSR count). The molecule has 1 aromatic carbocycles. The fourth-order valence-corrected chi connectivity index (χ4v) is 2.82. The monoisotopic (exact) mass is 276 g/mol. The number of anilines is 1. The minimum absolute atomic E-state index is 0.437. The average Bonchev–Trinajstić information content (AvgIpc) is 2.41. The summed E-state index contributed by atoms with van der Waals surface area (Å²) in [6, 6.07) is 5.90. The molecule has 1 amide bonds. The highest BCUT2D eigenvalue weighted by Gasteiger charge is 2.22. The van der Waals surface area contributed by atoms with Crippen molar-refractivity contribution in [3.63, 3.8) is 0 Å². The third kappa shape index (κ3) is 3.29. The van der Waals surface area contributed by atoms with Gasteiger partial charge in [-0.05, 0) is 31.2 Å². The second-order valence-corrected chi connectivity index (χ2v) is 5.49. The summed E-state index contributed by atoms with van der Waals surface area (Å²) >= 11 is 0. The average molecular weight is 276 g/mol. The maximum atomic E-state index is 11.1. The Bertz CT molecular complexity index is 489. The van der Waals surface area contributed by atoms with Gasteiger partial charge in [0.2, 0.25) is 5.91 Å². The Balaban J connectivity index is 2.02. The molecule has 0 aromatic heterocycles. The number of likely N-dealkylation sites (N-methyl/N-ethyl adjacent to an activating group) is 1. The number of nitrogens with zero attached hydrogens (tertiary/aromatic N) is 2. The van der Waals surface area contributed by atoms with Crippen LogP contribution in [0.15, 0.2) is 18.2 Å². The van der Waals surface area contributed by atoms with Crippen molar-refractivity contribution in [1.29, 1.82) is 0 Å². The molecule has 1 heterocycles. The first-order valence-corrected chi connectivity index (χ1v) is 7.16. The van der Waals surface area contributed by atoms with Gasteiger partial charge in [-0.2, -0.15) is 0 Å². The maximum absolute atomic E-state index is 11.1. The van der Waals surface area contributed by atoms with Crippen molar-refractivity contribution < 1.29 is 4.79 Å². The van der Waals surface area contributed by atoms with Gasteiger partial charge in [0.25, 0.3) is 0 Å². The van der Waals surface area contributed by atoms with E-state index in [2.05, 4.69) is 23.6 Å². The number of primary amides is 1. The number of carbonyl (C=O) groups is 1. The number of rotatable bonds is 4. The topological polar surface area (TPSA) is 75.6 Å². The Labute approximate surface area is 120 Å². The van der Waals surface area contributed by atoms with Gasteiger partial charge in [-0.3, -0.25) is 14.6 Å². The van der Waals surface area contributed by atoms with Gasteiger partial charge in [0.1, 0.15) is 0 Å². The molecule has 1 aliphatic heterocycles. The number of hydrogen-bond donors (Lipinski definition) is 2. The van der Waals surface area contributed by atoms with E-state index in [-0.39, 0.29) is 0 Å². The van der Waals surface area contributed by atoms with Crippen LogP contribution in [-0.4, -0.2) is 47.9 Å². The number of nitrogens with two attached hydrogens (primary N) is 2. The van der Waals surface area contributed by atoms with Crippen LogP contribution in [0, 0.1) is 0 Å². The molecule has 0 bridgehead atoms. The van der Waals surface area contributed by atoms with E-state index >= 15 is 0 Å². The minimum Gasteiger partial charge on any atom is -0.398 e. The van der Waals surface area contributed by atoms with Crippen molar-refractivity contribution in [1.82, 2.24) is 9.80 Å². The zero-order valence-corrected chi connectivity index (χ0v) is 12.3. The molecule has 5 nitrogen and oxygen atoms in total. The number of carbonyl (C=O) groups excluding carboxylic acids is 1. The summed E-state index contributed by atoms with van der Waals surface area (Å²) in [6.45, 7) is 9.58. The van der Waals surface area contributed by atoms with Crippen molar-refractivity contribution in [3.05, 3.63) is 29.3 Å². The van der Waals surface area contributed by atoms with Gasteiger partial charge >= 0.3 is 0 Å². The van der Waals surface area contributed by atoms with Crippen molar-refractivity contribution in [2.24, 2.45) is 5.73 Å². The molecule has 4 N–H and O–H groups in total. The van der Waals surface area contributed by atoms with Gasteiger partial charge in [-0.15, -0.1) is 0 Å². The summed E-state index contributed by atoms with van der Waals surface area (Å²) < 4.78 is 0. The van der Waals surface area contributed by atoms with Gasteiger partial charge in [-0.1, -0.05) is 13.0 Å². The molecule has 110 valence electrons. The first-order valence-electron chi connectivity index (χ1n) is 7.16. The van der Waals surface area contributed by atoms with E-state index in [0.29, 0.717) is 17.3 Å². The molecule has 1 aliphatic rings. The SMILES string of the molecule is CCN1CCN(Cc2ccc(C(N)=O)cc2N)CC1C. The second kappa shape index (κ2) is 6.24. The first-order chi connectivity index (χ1) is 9.51. The highest BCUT2D eigenvalue weighted by Crippen LogP contribution is 2.18. The predicted octanol–water partition coefficient (Wildman–Crippen LogP) is 0.894. The summed E-state index contributed by atoms with van der Waals surface area (Å²) in [5.41, 5.74) is 13.5. The number of piperazine rings is 1. The van der Waals surface area contributed by atoms with Crippen LogP contribution in [0.5, 0.6) is 0 Å². The molecule has 0 aliphatic carbocycles. The lowest BCUT2D eigenvalue weighted by atomic mass is 10.1. The summed E-state index contributed by atoms with van der Waals surface area (Å²) in [4.78, 5) is 16.0. The van der Waals surface area contributed by atoms with Gasteiger partial charge in [0.15, 0.2) is 0 Å². The van der Waals surface area contributed by atoms with Gasteiger partial charge < -0.3 is 11.5 Å². The third-order valence-corrected chi connectivity index (χ3v) is 4.08. The lowest BCUT2D eigenvalue weighted by Gasteiger charge is -2.39. The molecule has 0 spiro atoms. The van der Waals surface area contributed by atoms with E-state index in [1.54, 1.807) is 12.1 Å². The molecule has 1 fully saturated rings. The van der Waals surface area contributed by atoms with Crippen LogP contribution in [0.4, 0.5) is 5.69 Å². The quantitative estimate of drug-likeness (QED) is 0.801. The highest BCUT2D eigenvalue weighted by atomic mass is 16.1. The smallest absolute Gasteiger partial charge is 0.248 e. The molecule has 1 aromatic rings. The Morgan fingerprint density at radius 3 is 2.70 bits per heavy atom. The second-order valence-electron chi connectivity index (χ2n) is 5.49. The van der Waals surface area contributed by atoms with Gasteiger partial charge in [-0.25, -0.2) is 0 Å². The summed E-state index contributed by atoms with van der Waals surface area (Å²) in [5, 5.41) is 0. The molecular formula is C15H24N4O. The number of hydrogen-bond acceptors (Lipinski definition) is 4. The van der Waals surface area contributed by atoms with Gasteiger partial charge in [0, 0.05) is 43.5 Å². The largest absolute Gasteiger partial charge is 0.398 e. The zero-order chi connectivity index (χ0) is 14.7. The van der Waals surface area contributed by atoms with Crippen molar-refractivity contribution in [2.75, 3.05) is 31.9 Å². The van der Waals surface area contributed by atoms with Crippen LogP contribution in [0.2, 0.25) is 0 Å². The molecule has 1 atom stereocenters. The standard InChI is InChI=1S/C15H24N4O/c1-3-19-7-6-18(9-11(19)2)10-13-5-4-12(15(17)20)8-14(13)16/h4-5,8,11H,3,6-7,9-10,16H2,1-2H3,(H2,17,20).